The van der Waals surface area contributed by atoms with E-state index in [4.69, 9.17) is 9.47 Å². The minimum Gasteiger partial charge on any atom is -0.471 e. The number of hydrogen-bond acceptors (Lipinski definition) is 6. The number of amides is 2. The van der Waals surface area contributed by atoms with E-state index in [9.17, 15) is 9.59 Å². The van der Waals surface area contributed by atoms with Crippen molar-refractivity contribution in [3.05, 3.63) is 18.6 Å². The molecule has 1 atom stereocenters. The van der Waals surface area contributed by atoms with Gasteiger partial charge in [-0.1, -0.05) is 0 Å². The van der Waals surface area contributed by atoms with Crippen LogP contribution in [0.4, 0.5) is 4.79 Å². The number of rotatable bonds is 4. The molecule has 0 aliphatic carbocycles. The van der Waals surface area contributed by atoms with Crippen LogP contribution >= 0.6 is 0 Å². The highest BCUT2D eigenvalue weighted by molar-refractivity contribution is 5.83. The van der Waals surface area contributed by atoms with Crippen LogP contribution in [0.2, 0.25) is 0 Å². The molecule has 2 aliphatic heterocycles. The smallest absolute Gasteiger partial charge is 0.410 e. The normalized spacial score (nSPS) is 21.6. The topological polar surface area (TPSA) is 84.9 Å². The third-order valence-electron chi connectivity index (χ3n) is 3.73. The van der Waals surface area contributed by atoms with Gasteiger partial charge in [0.25, 0.3) is 0 Å². The first-order valence-electron chi connectivity index (χ1n) is 7.34. The molecule has 8 nitrogen and oxygen atoms in total. The molecule has 0 N–H and O–H groups in total. The fraction of sp³-hybridized carbons (Fsp3) is 0.571. The number of cyclic esters (lactones) is 1. The fourth-order valence-electron chi connectivity index (χ4n) is 2.61. The van der Waals surface area contributed by atoms with Crippen LogP contribution in [0.25, 0.3) is 0 Å². The number of likely N-dealkylation sites (tertiary alicyclic amines) is 1. The molecule has 2 aliphatic rings. The van der Waals surface area contributed by atoms with Crippen LogP contribution in [-0.2, 0) is 9.53 Å². The van der Waals surface area contributed by atoms with Crippen LogP contribution in [0.15, 0.2) is 18.6 Å². The Morgan fingerprint density at radius 2 is 2.32 bits per heavy atom. The molecule has 2 saturated heterocycles. The van der Waals surface area contributed by atoms with Crippen LogP contribution in [0.1, 0.15) is 12.8 Å². The first-order chi connectivity index (χ1) is 10.7. The molecule has 1 aromatic rings. The summed E-state index contributed by atoms with van der Waals surface area (Å²) in [6.45, 7) is 2.07. The minimum atomic E-state index is -0.419. The van der Waals surface area contributed by atoms with Crippen molar-refractivity contribution in [3.63, 3.8) is 0 Å². The summed E-state index contributed by atoms with van der Waals surface area (Å²) in [7, 11) is 0. The molecule has 0 radical (unpaired) electrons. The lowest BCUT2D eigenvalue weighted by molar-refractivity contribution is -0.134. The second-order valence-corrected chi connectivity index (χ2v) is 5.30. The zero-order chi connectivity index (χ0) is 15.4. The molecule has 118 valence electrons. The summed E-state index contributed by atoms with van der Waals surface area (Å²) in [6.07, 6.45) is 5.92. The maximum Gasteiger partial charge on any atom is 0.410 e. The Bertz CT molecular complexity index is 539. The summed E-state index contributed by atoms with van der Waals surface area (Å²) in [5.41, 5.74) is 0. The molecule has 3 rings (SSSR count). The van der Waals surface area contributed by atoms with Crippen molar-refractivity contribution in [1.82, 2.24) is 19.8 Å². The molecule has 0 aromatic carbocycles. The van der Waals surface area contributed by atoms with Crippen molar-refractivity contribution in [3.8, 4) is 5.88 Å². The molecule has 2 fully saturated rings. The highest BCUT2D eigenvalue weighted by Gasteiger charge is 2.29. The van der Waals surface area contributed by atoms with E-state index in [-0.39, 0.29) is 18.6 Å². The van der Waals surface area contributed by atoms with Crippen LogP contribution in [-0.4, -0.2) is 70.7 Å². The second kappa shape index (κ2) is 6.59. The number of hydrogen-bond donors (Lipinski definition) is 0. The molecule has 0 saturated carbocycles. The number of aromatic nitrogens is 2. The van der Waals surface area contributed by atoms with Gasteiger partial charge in [-0.2, -0.15) is 0 Å². The monoisotopic (exact) mass is 306 g/mol. The zero-order valence-corrected chi connectivity index (χ0v) is 12.2. The maximum atomic E-state index is 12.3. The lowest BCUT2D eigenvalue weighted by Crippen LogP contribution is -2.48. The predicted octanol–water partition coefficient (Wildman–Crippen LogP) is 0.299. The van der Waals surface area contributed by atoms with E-state index >= 15 is 0 Å². The highest BCUT2D eigenvalue weighted by atomic mass is 16.6. The van der Waals surface area contributed by atoms with Crippen molar-refractivity contribution in [2.75, 3.05) is 32.8 Å². The third kappa shape index (κ3) is 3.44. The first-order valence-corrected chi connectivity index (χ1v) is 7.34. The summed E-state index contributed by atoms with van der Waals surface area (Å²) >= 11 is 0. The standard InChI is InChI=1S/C14H18N4O4/c19-13(10-18-6-7-21-14(18)20)17-5-1-2-11(9-17)22-12-8-15-3-4-16-12/h3-4,8,11H,1-2,5-7,9-10H2. The van der Waals surface area contributed by atoms with Crippen molar-refractivity contribution in [1.29, 1.82) is 0 Å². The molecule has 2 amide bonds. The molecule has 0 spiro atoms. The van der Waals surface area contributed by atoms with Crippen molar-refractivity contribution >= 4 is 12.0 Å². The van der Waals surface area contributed by atoms with Gasteiger partial charge in [0.15, 0.2) is 0 Å². The van der Waals surface area contributed by atoms with Gasteiger partial charge in [-0.25, -0.2) is 9.78 Å². The van der Waals surface area contributed by atoms with Crippen LogP contribution in [0, 0.1) is 0 Å². The van der Waals surface area contributed by atoms with Crippen LogP contribution < -0.4 is 4.74 Å². The van der Waals surface area contributed by atoms with Crippen molar-refractivity contribution in [2.45, 2.75) is 18.9 Å². The summed E-state index contributed by atoms with van der Waals surface area (Å²) in [5.74, 6) is 0.385. The molecule has 22 heavy (non-hydrogen) atoms. The van der Waals surface area contributed by atoms with Gasteiger partial charge < -0.3 is 14.4 Å². The fourth-order valence-corrected chi connectivity index (χ4v) is 2.61. The van der Waals surface area contributed by atoms with E-state index in [2.05, 4.69) is 9.97 Å². The SMILES string of the molecule is O=C(CN1CCOC1=O)N1CCCC(Oc2cnccn2)C1. The molecule has 1 aromatic heterocycles. The quantitative estimate of drug-likeness (QED) is 0.795. The Balaban J connectivity index is 1.53. The Hall–Kier alpha value is -2.38. The first kappa shape index (κ1) is 14.6. The Labute approximate surface area is 128 Å². The Morgan fingerprint density at radius 3 is 3.05 bits per heavy atom. The van der Waals surface area contributed by atoms with Crippen LogP contribution in [0.3, 0.4) is 0 Å². The van der Waals surface area contributed by atoms with E-state index < -0.39 is 6.09 Å². The summed E-state index contributed by atoms with van der Waals surface area (Å²) in [6, 6.07) is 0. The number of ether oxygens (including phenoxy) is 2. The predicted molar refractivity (Wildman–Crippen MR) is 75.2 cm³/mol. The summed E-state index contributed by atoms with van der Waals surface area (Å²) in [4.78, 5) is 34.9. The maximum absolute atomic E-state index is 12.3. The van der Waals surface area contributed by atoms with E-state index in [1.807, 2.05) is 0 Å². The number of carbonyl (C=O) groups is 2. The zero-order valence-electron chi connectivity index (χ0n) is 12.2. The molecule has 0 bridgehead atoms. The lowest BCUT2D eigenvalue weighted by atomic mass is 10.1. The molecular formula is C14H18N4O4. The van der Waals surface area contributed by atoms with Gasteiger partial charge in [-0.05, 0) is 12.8 Å². The average molecular weight is 306 g/mol. The molecule has 3 heterocycles. The lowest BCUT2D eigenvalue weighted by Gasteiger charge is -2.33. The van der Waals surface area contributed by atoms with E-state index in [1.54, 1.807) is 23.5 Å². The number of carbonyl (C=O) groups excluding carboxylic acids is 2. The molecule has 1 unspecified atom stereocenters. The van der Waals surface area contributed by atoms with Gasteiger partial charge in [0, 0.05) is 18.9 Å². The Morgan fingerprint density at radius 1 is 1.41 bits per heavy atom. The average Bonchev–Trinajstić information content (AvgIpc) is 2.94. The number of piperidine rings is 1. The van der Waals surface area contributed by atoms with Crippen molar-refractivity contribution < 1.29 is 19.1 Å². The number of nitrogens with zero attached hydrogens (tertiary/aromatic N) is 4. The van der Waals surface area contributed by atoms with Gasteiger partial charge in [-0.3, -0.25) is 14.7 Å². The van der Waals surface area contributed by atoms with E-state index in [0.29, 0.717) is 32.1 Å². The van der Waals surface area contributed by atoms with E-state index in [1.165, 1.54) is 4.90 Å². The molecule has 8 heteroatoms. The van der Waals surface area contributed by atoms with Crippen LogP contribution in [0.5, 0.6) is 5.88 Å². The second-order valence-electron chi connectivity index (χ2n) is 5.30. The summed E-state index contributed by atoms with van der Waals surface area (Å²) in [5, 5.41) is 0. The van der Waals surface area contributed by atoms with E-state index in [0.717, 1.165) is 12.8 Å². The van der Waals surface area contributed by atoms with Gasteiger partial charge in [-0.15, -0.1) is 0 Å². The van der Waals surface area contributed by atoms with Gasteiger partial charge in [0.05, 0.1) is 19.3 Å². The molecular weight excluding hydrogens is 288 g/mol. The van der Waals surface area contributed by atoms with Gasteiger partial charge in [0.2, 0.25) is 11.8 Å². The highest BCUT2D eigenvalue weighted by Crippen LogP contribution is 2.16. The van der Waals surface area contributed by atoms with Crippen molar-refractivity contribution in [2.24, 2.45) is 0 Å². The summed E-state index contributed by atoms with van der Waals surface area (Å²) < 4.78 is 10.6. The minimum absolute atomic E-state index is 0.0662. The largest absolute Gasteiger partial charge is 0.471 e. The Kier molecular flexibility index (Phi) is 4.36. The third-order valence-corrected chi connectivity index (χ3v) is 3.73. The van der Waals surface area contributed by atoms with Gasteiger partial charge in [0.1, 0.15) is 19.3 Å². The van der Waals surface area contributed by atoms with Gasteiger partial charge >= 0.3 is 6.09 Å².